The molecule has 0 radical (unpaired) electrons. The number of rotatable bonds is 7. The highest BCUT2D eigenvalue weighted by atomic mass is 16.5. The lowest BCUT2D eigenvalue weighted by atomic mass is 9.95. The van der Waals surface area contributed by atoms with E-state index in [0.717, 1.165) is 18.9 Å². The van der Waals surface area contributed by atoms with E-state index < -0.39 is 0 Å². The minimum atomic E-state index is -0.174. The average Bonchev–Trinajstić information content (AvgIpc) is 2.42. The lowest BCUT2D eigenvalue weighted by Gasteiger charge is -2.33. The second kappa shape index (κ2) is 8.54. The Balaban J connectivity index is 2.39. The summed E-state index contributed by atoms with van der Waals surface area (Å²) in [6, 6.07) is 0.126. The molecule has 0 spiro atoms. The minimum Gasteiger partial charge on any atom is -0.468 e. The van der Waals surface area contributed by atoms with Crippen LogP contribution in [-0.4, -0.2) is 49.7 Å². The number of likely N-dealkylation sites (tertiary alicyclic amines) is 1. The van der Waals surface area contributed by atoms with Crippen LogP contribution in [0.15, 0.2) is 0 Å². The fourth-order valence-corrected chi connectivity index (χ4v) is 2.81. The Bertz CT molecular complexity index is 269. The maximum atomic E-state index is 11.7. The molecule has 0 amide bonds. The number of ether oxygens (including phenoxy) is 1. The summed E-state index contributed by atoms with van der Waals surface area (Å²) >= 11 is 0. The van der Waals surface area contributed by atoms with E-state index in [1.165, 1.54) is 39.5 Å². The Morgan fingerprint density at radius 1 is 1.47 bits per heavy atom. The summed E-state index contributed by atoms with van der Waals surface area (Å²) in [6.07, 6.45) is 4.75. The number of methoxy groups -OCH3 is 1. The van der Waals surface area contributed by atoms with Crippen LogP contribution >= 0.6 is 0 Å². The van der Waals surface area contributed by atoms with Gasteiger partial charge in [0.25, 0.3) is 0 Å². The van der Waals surface area contributed by atoms with Crippen LogP contribution in [0.4, 0.5) is 0 Å². The maximum Gasteiger partial charge on any atom is 0.322 e. The van der Waals surface area contributed by atoms with Crippen LogP contribution in [0.2, 0.25) is 0 Å². The predicted octanol–water partition coefficient (Wildman–Crippen LogP) is 2.04. The zero-order chi connectivity index (χ0) is 14.3. The monoisotopic (exact) mass is 270 g/mol. The molecule has 0 aromatic rings. The zero-order valence-corrected chi connectivity index (χ0v) is 12.9. The molecule has 4 nitrogen and oxygen atoms in total. The molecule has 0 aromatic heterocycles. The van der Waals surface area contributed by atoms with Gasteiger partial charge >= 0.3 is 5.97 Å². The first kappa shape index (κ1) is 16.4. The van der Waals surface area contributed by atoms with Crippen molar-refractivity contribution in [1.29, 1.82) is 0 Å². The van der Waals surface area contributed by atoms with Crippen molar-refractivity contribution in [1.82, 2.24) is 10.2 Å². The van der Waals surface area contributed by atoms with Gasteiger partial charge in [-0.2, -0.15) is 0 Å². The van der Waals surface area contributed by atoms with Gasteiger partial charge in [-0.1, -0.05) is 27.2 Å². The third-order valence-electron chi connectivity index (χ3n) is 3.93. The molecule has 1 N–H and O–H groups in total. The molecule has 0 bridgehead atoms. The largest absolute Gasteiger partial charge is 0.468 e. The number of hydrogen-bond donors (Lipinski definition) is 1. The Hall–Kier alpha value is -0.610. The van der Waals surface area contributed by atoms with E-state index in [1.54, 1.807) is 0 Å². The molecule has 1 rings (SSSR count). The molecule has 19 heavy (non-hydrogen) atoms. The van der Waals surface area contributed by atoms with Crippen LogP contribution in [0.3, 0.4) is 0 Å². The van der Waals surface area contributed by atoms with Gasteiger partial charge in [0.15, 0.2) is 0 Å². The summed E-state index contributed by atoms with van der Waals surface area (Å²) in [5.74, 6) is 0.695. The van der Waals surface area contributed by atoms with Gasteiger partial charge in [0.2, 0.25) is 0 Å². The van der Waals surface area contributed by atoms with Gasteiger partial charge in [0, 0.05) is 19.1 Å². The number of esters is 1. The van der Waals surface area contributed by atoms with E-state index in [9.17, 15) is 4.79 Å². The normalized spacial score (nSPS) is 22.5. The molecule has 1 saturated heterocycles. The molecule has 2 atom stereocenters. The van der Waals surface area contributed by atoms with Crippen molar-refractivity contribution in [3.8, 4) is 0 Å². The standard InChI is InChI=1S/C15H30N2O2/c1-5-13-7-6-9-17(11-13)10-8-14(15(18)19-4)16-12(2)3/h12-14,16H,5-11H2,1-4H3. The molecular formula is C15H30N2O2. The highest BCUT2D eigenvalue weighted by Gasteiger charge is 2.23. The summed E-state index contributed by atoms with van der Waals surface area (Å²) in [5.41, 5.74) is 0. The second-order valence-corrected chi connectivity index (χ2v) is 5.90. The summed E-state index contributed by atoms with van der Waals surface area (Å²) < 4.78 is 4.88. The quantitative estimate of drug-likeness (QED) is 0.719. The first-order valence-corrected chi connectivity index (χ1v) is 7.63. The van der Waals surface area contributed by atoms with Gasteiger partial charge in [-0.05, 0) is 31.7 Å². The average molecular weight is 270 g/mol. The predicted molar refractivity (Wildman–Crippen MR) is 78.1 cm³/mol. The second-order valence-electron chi connectivity index (χ2n) is 5.90. The first-order valence-electron chi connectivity index (χ1n) is 7.63. The Kier molecular flexibility index (Phi) is 7.39. The van der Waals surface area contributed by atoms with Crippen LogP contribution < -0.4 is 5.32 Å². The molecule has 1 heterocycles. The molecule has 1 aliphatic rings. The topological polar surface area (TPSA) is 41.6 Å². The van der Waals surface area contributed by atoms with Crippen molar-refractivity contribution in [3.63, 3.8) is 0 Å². The number of nitrogens with zero attached hydrogens (tertiary/aromatic N) is 1. The summed E-state index contributed by atoms with van der Waals surface area (Å²) in [4.78, 5) is 14.2. The van der Waals surface area contributed by atoms with Crippen LogP contribution in [0.25, 0.3) is 0 Å². The van der Waals surface area contributed by atoms with Crippen molar-refractivity contribution in [3.05, 3.63) is 0 Å². The molecule has 1 aliphatic heterocycles. The van der Waals surface area contributed by atoms with Gasteiger partial charge in [-0.3, -0.25) is 4.79 Å². The van der Waals surface area contributed by atoms with Gasteiger partial charge in [0.05, 0.1) is 7.11 Å². The number of piperidine rings is 1. The van der Waals surface area contributed by atoms with E-state index in [1.807, 2.05) is 0 Å². The van der Waals surface area contributed by atoms with Crippen molar-refractivity contribution in [2.45, 2.75) is 58.5 Å². The molecule has 0 aliphatic carbocycles. The third-order valence-corrected chi connectivity index (χ3v) is 3.93. The van der Waals surface area contributed by atoms with Gasteiger partial charge < -0.3 is 15.0 Å². The summed E-state index contributed by atoms with van der Waals surface area (Å²) in [7, 11) is 1.46. The Morgan fingerprint density at radius 3 is 2.79 bits per heavy atom. The van der Waals surface area contributed by atoms with Crippen LogP contribution in [0, 0.1) is 5.92 Å². The van der Waals surface area contributed by atoms with Crippen molar-refractivity contribution < 1.29 is 9.53 Å². The zero-order valence-electron chi connectivity index (χ0n) is 12.9. The van der Waals surface area contributed by atoms with Gasteiger partial charge in [-0.25, -0.2) is 0 Å². The highest BCUT2D eigenvalue weighted by molar-refractivity contribution is 5.75. The van der Waals surface area contributed by atoms with Crippen molar-refractivity contribution in [2.24, 2.45) is 5.92 Å². The van der Waals surface area contributed by atoms with Crippen molar-refractivity contribution >= 4 is 5.97 Å². The number of carbonyl (C=O) groups is 1. The minimum absolute atomic E-state index is 0.141. The highest BCUT2D eigenvalue weighted by Crippen LogP contribution is 2.19. The molecule has 0 saturated carbocycles. The van der Waals surface area contributed by atoms with Gasteiger partial charge in [-0.15, -0.1) is 0 Å². The smallest absolute Gasteiger partial charge is 0.322 e. The fourth-order valence-electron chi connectivity index (χ4n) is 2.81. The molecular weight excluding hydrogens is 240 g/mol. The van der Waals surface area contributed by atoms with E-state index in [0.29, 0.717) is 6.04 Å². The summed E-state index contributed by atoms with van der Waals surface area (Å²) in [6.45, 7) is 9.73. The molecule has 1 fully saturated rings. The first-order chi connectivity index (χ1) is 9.06. The summed E-state index contributed by atoms with van der Waals surface area (Å²) in [5, 5.41) is 3.29. The lowest BCUT2D eigenvalue weighted by molar-refractivity contribution is -0.143. The number of hydrogen-bond acceptors (Lipinski definition) is 4. The molecule has 2 unspecified atom stereocenters. The van der Waals surface area contributed by atoms with Crippen LogP contribution in [0.5, 0.6) is 0 Å². The van der Waals surface area contributed by atoms with Crippen LogP contribution in [-0.2, 0) is 9.53 Å². The Labute approximate surface area is 117 Å². The lowest BCUT2D eigenvalue weighted by Crippen LogP contribution is -2.45. The fraction of sp³-hybridized carbons (Fsp3) is 0.933. The molecule has 112 valence electrons. The van der Waals surface area contributed by atoms with E-state index in [-0.39, 0.29) is 12.0 Å². The molecule has 0 aromatic carbocycles. The van der Waals surface area contributed by atoms with E-state index in [4.69, 9.17) is 4.74 Å². The van der Waals surface area contributed by atoms with Crippen LogP contribution in [0.1, 0.15) is 46.5 Å². The SMILES string of the molecule is CCC1CCCN(CCC(NC(C)C)C(=O)OC)C1. The Morgan fingerprint density at radius 2 is 2.21 bits per heavy atom. The van der Waals surface area contributed by atoms with E-state index in [2.05, 4.69) is 31.0 Å². The van der Waals surface area contributed by atoms with Crippen molar-refractivity contribution in [2.75, 3.05) is 26.7 Å². The third kappa shape index (κ3) is 5.91. The number of nitrogens with one attached hydrogen (secondary N) is 1. The van der Waals surface area contributed by atoms with E-state index >= 15 is 0 Å². The van der Waals surface area contributed by atoms with Gasteiger partial charge in [0.1, 0.15) is 6.04 Å². The maximum absolute atomic E-state index is 11.7. The molecule has 4 heteroatoms. The number of carbonyl (C=O) groups excluding carboxylic acids is 1.